The molecule has 2 aromatic rings. The van der Waals surface area contributed by atoms with Crippen LogP contribution in [-0.4, -0.2) is 37.0 Å². The minimum Gasteiger partial charge on any atom is -0.461 e. The molecule has 2 heterocycles. The summed E-state index contributed by atoms with van der Waals surface area (Å²) in [6, 6.07) is 10.5. The van der Waals surface area contributed by atoms with Gasteiger partial charge < -0.3 is 14.1 Å². The van der Waals surface area contributed by atoms with Crippen LogP contribution in [-0.2, 0) is 22.7 Å². The van der Waals surface area contributed by atoms with Gasteiger partial charge in [0, 0.05) is 38.8 Å². The molecule has 1 fully saturated rings. The minimum atomic E-state index is -0.291. The van der Waals surface area contributed by atoms with Crippen molar-refractivity contribution >= 4 is 11.7 Å². The molecule has 1 saturated heterocycles. The maximum absolute atomic E-state index is 10.9. The summed E-state index contributed by atoms with van der Waals surface area (Å²) >= 11 is 0. The van der Waals surface area contributed by atoms with Gasteiger partial charge in [0.15, 0.2) is 0 Å². The van der Waals surface area contributed by atoms with E-state index in [0.29, 0.717) is 5.76 Å². The summed E-state index contributed by atoms with van der Waals surface area (Å²) in [5.74, 6) is 1.32. The number of anilines is 1. The number of hydrogen-bond donors (Lipinski definition) is 0. The molecule has 0 amide bonds. The highest BCUT2D eigenvalue weighted by Crippen LogP contribution is 2.23. The largest absolute Gasteiger partial charge is 0.461 e. The zero-order valence-corrected chi connectivity index (χ0v) is 15.2. The fraction of sp³-hybridized carbons (Fsp3) is 0.450. The van der Waals surface area contributed by atoms with E-state index in [9.17, 15) is 4.79 Å². The van der Waals surface area contributed by atoms with Crippen LogP contribution in [0.1, 0.15) is 29.6 Å². The Labute approximate surface area is 149 Å². The van der Waals surface area contributed by atoms with E-state index in [-0.39, 0.29) is 12.6 Å². The van der Waals surface area contributed by atoms with Gasteiger partial charge in [-0.2, -0.15) is 0 Å². The van der Waals surface area contributed by atoms with Gasteiger partial charge in [-0.1, -0.05) is 17.7 Å². The maximum Gasteiger partial charge on any atom is 0.303 e. The van der Waals surface area contributed by atoms with E-state index in [1.54, 1.807) is 0 Å². The molecule has 0 spiro atoms. The number of carbonyl (C=O) groups excluding carboxylic acids is 1. The third kappa shape index (κ3) is 4.63. The highest BCUT2D eigenvalue weighted by atomic mass is 16.5. The molecule has 25 heavy (non-hydrogen) atoms. The normalized spacial score (nSPS) is 15.4. The molecule has 3 rings (SSSR count). The molecule has 0 unspecified atom stereocenters. The van der Waals surface area contributed by atoms with Crippen LogP contribution in [0.5, 0.6) is 0 Å². The molecular weight excluding hydrogens is 316 g/mol. The smallest absolute Gasteiger partial charge is 0.303 e. The average molecular weight is 342 g/mol. The van der Waals surface area contributed by atoms with Crippen LogP contribution in [0.2, 0.25) is 0 Å². The van der Waals surface area contributed by atoms with Crippen LogP contribution in [0.3, 0.4) is 0 Å². The molecule has 0 saturated carbocycles. The van der Waals surface area contributed by atoms with Gasteiger partial charge in [-0.05, 0) is 37.6 Å². The number of ether oxygens (including phenoxy) is 1. The fourth-order valence-corrected chi connectivity index (χ4v) is 3.29. The Morgan fingerprint density at radius 3 is 2.48 bits per heavy atom. The second-order valence-electron chi connectivity index (χ2n) is 6.70. The summed E-state index contributed by atoms with van der Waals surface area (Å²) in [5.41, 5.74) is 3.99. The van der Waals surface area contributed by atoms with Crippen molar-refractivity contribution in [3.63, 3.8) is 0 Å². The Morgan fingerprint density at radius 2 is 1.80 bits per heavy atom. The molecule has 1 aliphatic rings. The molecule has 0 atom stereocenters. The zero-order valence-electron chi connectivity index (χ0n) is 15.2. The molecule has 0 bridgehead atoms. The second kappa shape index (κ2) is 7.74. The van der Waals surface area contributed by atoms with Gasteiger partial charge in [-0.3, -0.25) is 9.69 Å². The van der Waals surface area contributed by atoms with Crippen molar-refractivity contribution in [2.75, 3.05) is 31.1 Å². The highest BCUT2D eigenvalue weighted by molar-refractivity contribution is 5.65. The lowest BCUT2D eigenvalue weighted by atomic mass is 10.1. The van der Waals surface area contributed by atoms with Crippen molar-refractivity contribution < 1.29 is 13.9 Å². The van der Waals surface area contributed by atoms with E-state index in [2.05, 4.69) is 41.8 Å². The van der Waals surface area contributed by atoms with E-state index < -0.39 is 0 Å². The van der Waals surface area contributed by atoms with Crippen LogP contribution in [0.15, 0.2) is 34.7 Å². The van der Waals surface area contributed by atoms with Gasteiger partial charge in [0.25, 0.3) is 0 Å². The maximum atomic E-state index is 10.9. The Hall–Kier alpha value is -2.27. The topological polar surface area (TPSA) is 45.9 Å². The van der Waals surface area contributed by atoms with Gasteiger partial charge in [-0.15, -0.1) is 0 Å². The summed E-state index contributed by atoms with van der Waals surface area (Å²) in [4.78, 5) is 15.7. The molecule has 0 radical (unpaired) electrons. The van der Waals surface area contributed by atoms with Crippen molar-refractivity contribution in [1.82, 2.24) is 4.90 Å². The second-order valence-corrected chi connectivity index (χ2v) is 6.70. The molecule has 0 aliphatic carbocycles. The van der Waals surface area contributed by atoms with Gasteiger partial charge in [0.05, 0.1) is 6.54 Å². The third-order valence-electron chi connectivity index (χ3n) is 4.58. The first kappa shape index (κ1) is 17.5. The summed E-state index contributed by atoms with van der Waals surface area (Å²) in [6.45, 7) is 10.8. The molecular formula is C20H26N2O3. The van der Waals surface area contributed by atoms with E-state index in [1.165, 1.54) is 23.7 Å². The number of piperazine rings is 1. The highest BCUT2D eigenvalue weighted by Gasteiger charge is 2.19. The fourth-order valence-electron chi connectivity index (χ4n) is 3.29. The van der Waals surface area contributed by atoms with Gasteiger partial charge in [0.1, 0.15) is 18.1 Å². The Kier molecular flexibility index (Phi) is 5.43. The van der Waals surface area contributed by atoms with Crippen molar-refractivity contribution in [2.45, 2.75) is 33.9 Å². The van der Waals surface area contributed by atoms with Crippen molar-refractivity contribution in [3.8, 4) is 0 Å². The SMILES string of the molecule is CC(=O)OCc1ccc(CN2CCN(c3ccc(C)cc3C)CC2)o1. The molecule has 5 nitrogen and oxygen atoms in total. The lowest BCUT2D eigenvalue weighted by Crippen LogP contribution is -2.46. The number of aryl methyl sites for hydroxylation is 2. The van der Waals surface area contributed by atoms with Crippen LogP contribution in [0.25, 0.3) is 0 Å². The monoisotopic (exact) mass is 342 g/mol. The molecule has 1 aromatic heterocycles. The predicted molar refractivity (Wildman–Crippen MR) is 97.6 cm³/mol. The molecule has 134 valence electrons. The van der Waals surface area contributed by atoms with E-state index in [4.69, 9.17) is 9.15 Å². The standard InChI is InChI=1S/C20H26N2O3/c1-15-4-7-20(16(2)12-15)22-10-8-21(9-11-22)13-18-5-6-19(25-18)14-24-17(3)23/h4-7,12H,8-11,13-14H2,1-3H3. The van der Waals surface area contributed by atoms with Gasteiger partial charge >= 0.3 is 5.97 Å². The quantitative estimate of drug-likeness (QED) is 0.780. The van der Waals surface area contributed by atoms with E-state index in [1.807, 2.05) is 12.1 Å². The number of rotatable bonds is 5. The lowest BCUT2D eigenvalue weighted by Gasteiger charge is -2.36. The van der Waals surface area contributed by atoms with Crippen molar-refractivity contribution in [3.05, 3.63) is 53.0 Å². The first-order valence-electron chi connectivity index (χ1n) is 8.77. The zero-order chi connectivity index (χ0) is 17.8. The summed E-state index contributed by atoms with van der Waals surface area (Å²) in [5, 5.41) is 0. The minimum absolute atomic E-state index is 0.204. The predicted octanol–water partition coefficient (Wildman–Crippen LogP) is 3.28. The van der Waals surface area contributed by atoms with Crippen LogP contribution in [0, 0.1) is 13.8 Å². The van der Waals surface area contributed by atoms with Crippen molar-refractivity contribution in [1.29, 1.82) is 0 Å². The molecule has 0 N–H and O–H groups in total. The van der Waals surface area contributed by atoms with Crippen molar-refractivity contribution in [2.24, 2.45) is 0 Å². The Morgan fingerprint density at radius 1 is 1.08 bits per heavy atom. The Bertz CT molecular complexity index is 730. The van der Waals surface area contributed by atoms with Crippen LogP contribution < -0.4 is 4.90 Å². The Balaban J connectivity index is 1.51. The molecule has 1 aliphatic heterocycles. The first-order chi connectivity index (χ1) is 12.0. The van der Waals surface area contributed by atoms with E-state index >= 15 is 0 Å². The average Bonchev–Trinajstić information content (AvgIpc) is 3.01. The number of carbonyl (C=O) groups is 1. The van der Waals surface area contributed by atoms with E-state index in [0.717, 1.165) is 38.5 Å². The van der Waals surface area contributed by atoms with Crippen LogP contribution in [0.4, 0.5) is 5.69 Å². The number of nitrogens with zero attached hydrogens (tertiary/aromatic N) is 2. The lowest BCUT2D eigenvalue weighted by molar-refractivity contribution is -0.142. The third-order valence-corrected chi connectivity index (χ3v) is 4.58. The van der Waals surface area contributed by atoms with Crippen LogP contribution >= 0.6 is 0 Å². The summed E-state index contributed by atoms with van der Waals surface area (Å²) in [7, 11) is 0. The first-order valence-corrected chi connectivity index (χ1v) is 8.77. The summed E-state index contributed by atoms with van der Waals surface area (Å²) in [6.07, 6.45) is 0. The summed E-state index contributed by atoms with van der Waals surface area (Å²) < 4.78 is 10.7. The molecule has 1 aromatic carbocycles. The number of hydrogen-bond acceptors (Lipinski definition) is 5. The molecule has 5 heteroatoms. The number of esters is 1. The van der Waals surface area contributed by atoms with Gasteiger partial charge in [0.2, 0.25) is 0 Å². The van der Waals surface area contributed by atoms with Gasteiger partial charge in [-0.25, -0.2) is 0 Å². The number of furan rings is 1. The number of benzene rings is 1.